The predicted molar refractivity (Wildman–Crippen MR) is 91.1 cm³/mol. The maximum Gasteiger partial charge on any atom is 0.244 e. The summed E-state index contributed by atoms with van der Waals surface area (Å²) in [5.74, 6) is 0.649. The van der Waals surface area contributed by atoms with Crippen molar-refractivity contribution in [3.8, 4) is 0 Å². The maximum absolute atomic E-state index is 13.1. The normalized spacial score (nSPS) is 24.4. The van der Waals surface area contributed by atoms with Crippen LogP contribution in [0.5, 0.6) is 0 Å². The molecule has 1 saturated carbocycles. The molecule has 0 amide bonds. The van der Waals surface area contributed by atoms with Gasteiger partial charge in [-0.3, -0.25) is 0 Å². The number of aliphatic hydroxyl groups excluding tert-OH is 1. The summed E-state index contributed by atoms with van der Waals surface area (Å²) >= 11 is 3.33. The minimum atomic E-state index is -3.62. The number of nitrogens with zero attached hydrogens (tertiary/aromatic N) is 1. The topological polar surface area (TPSA) is 57.6 Å². The maximum atomic E-state index is 13.1. The van der Waals surface area contributed by atoms with E-state index in [2.05, 4.69) is 22.9 Å². The monoisotopic (exact) mass is 389 g/mol. The molecule has 0 spiro atoms. The van der Waals surface area contributed by atoms with E-state index in [0.29, 0.717) is 10.4 Å². The lowest BCUT2D eigenvalue weighted by atomic mass is 9.87. The summed E-state index contributed by atoms with van der Waals surface area (Å²) in [5.41, 5.74) is 0. The third-order valence-corrected chi connectivity index (χ3v) is 7.19. The van der Waals surface area contributed by atoms with Crippen molar-refractivity contribution in [1.82, 2.24) is 4.31 Å². The fourth-order valence-electron chi connectivity index (χ4n) is 3.01. The number of rotatable bonds is 5. The first-order chi connectivity index (χ1) is 10.3. The van der Waals surface area contributed by atoms with Crippen molar-refractivity contribution >= 4 is 26.0 Å². The highest BCUT2D eigenvalue weighted by Gasteiger charge is 2.35. The molecule has 0 aliphatic heterocycles. The lowest BCUT2D eigenvalue weighted by molar-refractivity contribution is 0.130. The zero-order chi connectivity index (χ0) is 16.3. The first kappa shape index (κ1) is 17.9. The second-order valence-electron chi connectivity index (χ2n) is 6.27. The van der Waals surface area contributed by atoms with Crippen molar-refractivity contribution in [3.63, 3.8) is 0 Å². The lowest BCUT2D eigenvalue weighted by Crippen LogP contribution is -2.45. The third kappa shape index (κ3) is 4.10. The van der Waals surface area contributed by atoms with Crippen molar-refractivity contribution < 1.29 is 13.5 Å². The van der Waals surface area contributed by atoms with E-state index in [1.165, 1.54) is 4.31 Å². The van der Waals surface area contributed by atoms with Gasteiger partial charge < -0.3 is 5.11 Å². The van der Waals surface area contributed by atoms with Gasteiger partial charge in [0.25, 0.3) is 0 Å². The molecule has 0 bridgehead atoms. The number of sulfonamides is 1. The highest BCUT2D eigenvalue weighted by molar-refractivity contribution is 9.10. The Bertz CT molecular complexity index is 595. The average Bonchev–Trinajstić information content (AvgIpc) is 2.46. The number of halogens is 1. The Morgan fingerprint density at radius 3 is 2.41 bits per heavy atom. The summed E-state index contributed by atoms with van der Waals surface area (Å²) in [5, 5.41) is 9.77. The van der Waals surface area contributed by atoms with E-state index in [0.717, 1.165) is 25.7 Å². The second-order valence-corrected chi connectivity index (χ2v) is 8.98. The van der Waals surface area contributed by atoms with Gasteiger partial charge in [0.1, 0.15) is 0 Å². The molecule has 0 saturated heterocycles. The van der Waals surface area contributed by atoms with Crippen LogP contribution in [0.1, 0.15) is 39.5 Å². The Hall–Kier alpha value is -0.430. The van der Waals surface area contributed by atoms with E-state index in [4.69, 9.17) is 0 Å². The van der Waals surface area contributed by atoms with Gasteiger partial charge in [0, 0.05) is 17.1 Å². The number of aliphatic hydroxyl groups is 1. The van der Waals surface area contributed by atoms with Gasteiger partial charge in [-0.05, 0) is 66.6 Å². The molecule has 124 valence electrons. The molecule has 2 rings (SSSR count). The summed E-state index contributed by atoms with van der Waals surface area (Å²) in [6.45, 7) is 3.98. The fraction of sp³-hybridized carbons (Fsp3) is 0.625. The summed E-state index contributed by atoms with van der Waals surface area (Å²) in [6, 6.07) is 6.84. The zero-order valence-corrected chi connectivity index (χ0v) is 15.5. The number of hydrogen-bond acceptors (Lipinski definition) is 3. The molecule has 0 heterocycles. The van der Waals surface area contributed by atoms with Crippen LogP contribution in [0.25, 0.3) is 0 Å². The molecule has 0 radical (unpaired) electrons. The molecule has 1 N–H and O–H groups in total. The minimum Gasteiger partial charge on any atom is -0.392 e. The van der Waals surface area contributed by atoms with Gasteiger partial charge in [-0.2, -0.15) is 4.31 Å². The molecule has 1 aliphatic carbocycles. The van der Waals surface area contributed by atoms with Gasteiger partial charge in [0.05, 0.1) is 11.0 Å². The van der Waals surface area contributed by atoms with Crippen molar-refractivity contribution in [1.29, 1.82) is 0 Å². The van der Waals surface area contributed by atoms with Gasteiger partial charge in [0.15, 0.2) is 0 Å². The third-order valence-electron chi connectivity index (χ3n) is 4.26. The van der Waals surface area contributed by atoms with Gasteiger partial charge >= 0.3 is 0 Å². The van der Waals surface area contributed by atoms with Crippen molar-refractivity contribution in [2.24, 2.45) is 5.92 Å². The van der Waals surface area contributed by atoms with E-state index in [-0.39, 0.29) is 17.5 Å². The van der Waals surface area contributed by atoms with Crippen molar-refractivity contribution in [2.45, 2.75) is 56.6 Å². The number of hydrogen-bond donors (Lipinski definition) is 1. The van der Waals surface area contributed by atoms with E-state index in [1.807, 2.05) is 0 Å². The molecule has 4 nitrogen and oxygen atoms in total. The predicted octanol–water partition coefficient (Wildman–Crippen LogP) is 3.40. The second kappa shape index (κ2) is 7.43. The fourth-order valence-corrected chi connectivity index (χ4v) is 5.75. The van der Waals surface area contributed by atoms with Crippen molar-refractivity contribution in [2.75, 3.05) is 6.54 Å². The van der Waals surface area contributed by atoms with Gasteiger partial charge in [-0.15, -0.1) is 0 Å². The molecule has 1 atom stereocenters. The first-order valence-corrected chi connectivity index (χ1v) is 10.00. The molecular formula is C16H24BrNO3S. The molecule has 1 unspecified atom stereocenters. The Labute approximate surface area is 141 Å². The van der Waals surface area contributed by atoms with Crippen LogP contribution in [0.4, 0.5) is 0 Å². The smallest absolute Gasteiger partial charge is 0.244 e. The van der Waals surface area contributed by atoms with Gasteiger partial charge in [-0.1, -0.05) is 19.1 Å². The molecule has 6 heteroatoms. The summed E-state index contributed by atoms with van der Waals surface area (Å²) in [6.07, 6.45) is 3.10. The molecule has 1 aromatic carbocycles. The first-order valence-electron chi connectivity index (χ1n) is 7.76. The van der Waals surface area contributed by atoms with E-state index in [1.54, 1.807) is 31.2 Å². The van der Waals surface area contributed by atoms with Gasteiger partial charge in [-0.25, -0.2) is 8.42 Å². The molecule has 22 heavy (non-hydrogen) atoms. The Kier molecular flexibility index (Phi) is 6.05. The molecule has 1 aromatic rings. The molecule has 1 aliphatic rings. The van der Waals surface area contributed by atoms with Crippen molar-refractivity contribution in [3.05, 3.63) is 28.7 Å². The SMILES string of the molecule is CC(O)CN(C1CCC(C)CC1)S(=O)(=O)c1ccccc1Br. The van der Waals surface area contributed by atoms with Crippen LogP contribution in [-0.2, 0) is 10.0 Å². The van der Waals surface area contributed by atoms with E-state index < -0.39 is 16.1 Å². The molecular weight excluding hydrogens is 366 g/mol. The largest absolute Gasteiger partial charge is 0.392 e. The summed E-state index contributed by atoms with van der Waals surface area (Å²) in [7, 11) is -3.62. The van der Waals surface area contributed by atoms with Crippen LogP contribution in [0.15, 0.2) is 33.6 Å². The lowest BCUT2D eigenvalue weighted by Gasteiger charge is -2.36. The standard InChI is InChI=1S/C16H24BrNO3S/c1-12-7-9-14(10-8-12)18(11-13(2)19)22(20,21)16-6-4-3-5-15(16)17/h3-6,12-14,19H,7-11H2,1-2H3. The van der Waals surface area contributed by atoms with E-state index in [9.17, 15) is 13.5 Å². The van der Waals surface area contributed by atoms with Crippen LogP contribution >= 0.6 is 15.9 Å². The highest BCUT2D eigenvalue weighted by Crippen LogP contribution is 2.32. The van der Waals surface area contributed by atoms with Crippen LogP contribution in [0.2, 0.25) is 0 Å². The van der Waals surface area contributed by atoms with Crippen LogP contribution in [0, 0.1) is 5.92 Å². The average molecular weight is 390 g/mol. The zero-order valence-electron chi connectivity index (χ0n) is 13.1. The van der Waals surface area contributed by atoms with Gasteiger partial charge in [0.2, 0.25) is 10.0 Å². The quantitative estimate of drug-likeness (QED) is 0.839. The minimum absolute atomic E-state index is 0.0251. The Morgan fingerprint density at radius 2 is 1.86 bits per heavy atom. The number of benzene rings is 1. The highest BCUT2D eigenvalue weighted by atomic mass is 79.9. The Balaban J connectivity index is 2.34. The van der Waals surface area contributed by atoms with Crippen LogP contribution in [0.3, 0.4) is 0 Å². The Morgan fingerprint density at radius 1 is 1.27 bits per heavy atom. The summed E-state index contributed by atoms with van der Waals surface area (Å²) in [4.78, 5) is 0.272. The molecule has 0 aromatic heterocycles. The van der Waals surface area contributed by atoms with Crippen LogP contribution < -0.4 is 0 Å². The molecule has 1 fully saturated rings. The summed E-state index contributed by atoms with van der Waals surface area (Å²) < 4.78 is 28.2. The van der Waals surface area contributed by atoms with Crippen LogP contribution in [-0.4, -0.2) is 36.5 Å². The van der Waals surface area contributed by atoms with E-state index >= 15 is 0 Å².